The van der Waals surface area contributed by atoms with Crippen molar-refractivity contribution in [1.82, 2.24) is 15.1 Å². The van der Waals surface area contributed by atoms with Gasteiger partial charge in [-0.2, -0.15) is 0 Å². The normalized spacial score (nSPS) is 21.7. The van der Waals surface area contributed by atoms with E-state index < -0.39 is 0 Å². The van der Waals surface area contributed by atoms with Gasteiger partial charge in [-0.15, -0.1) is 0 Å². The van der Waals surface area contributed by atoms with Crippen molar-refractivity contribution in [2.45, 2.75) is 44.8 Å². The summed E-state index contributed by atoms with van der Waals surface area (Å²) in [5, 5.41) is 12.8. The van der Waals surface area contributed by atoms with Gasteiger partial charge in [0.25, 0.3) is 0 Å². The number of aliphatic hydroxyl groups is 1. The van der Waals surface area contributed by atoms with Crippen molar-refractivity contribution in [1.29, 1.82) is 0 Å². The maximum Gasteiger partial charge on any atom is 0.317 e. The number of urea groups is 1. The molecule has 0 saturated carbocycles. The lowest BCUT2D eigenvalue weighted by molar-refractivity contribution is -0.155. The molecule has 7 nitrogen and oxygen atoms in total. The Hall–Kier alpha value is -2.12. The third-order valence-corrected chi connectivity index (χ3v) is 4.96. The molecule has 0 radical (unpaired) electrons. The van der Waals surface area contributed by atoms with Crippen LogP contribution in [0.15, 0.2) is 30.3 Å². The molecule has 7 heteroatoms. The Morgan fingerprint density at radius 2 is 1.93 bits per heavy atom. The molecule has 3 amide bonds. The minimum Gasteiger partial charge on any atom is -0.394 e. The second-order valence-electron chi connectivity index (χ2n) is 7.13. The summed E-state index contributed by atoms with van der Waals surface area (Å²) >= 11 is 0. The van der Waals surface area contributed by atoms with Crippen LogP contribution in [0.2, 0.25) is 0 Å². The maximum atomic E-state index is 12.6. The number of nitrogens with zero attached hydrogens (tertiary/aromatic N) is 2. The Morgan fingerprint density at radius 1 is 1.26 bits per heavy atom. The first-order chi connectivity index (χ1) is 12.9. The Bertz CT molecular complexity index is 623. The fourth-order valence-electron chi connectivity index (χ4n) is 3.76. The SMILES string of the molecule is CCN(C[C@@H]1[C@@H](c2ccccc2)[C@@H](CO)N1C(=O)COC)C(=O)NC(C)C. The second-order valence-corrected chi connectivity index (χ2v) is 7.13. The molecule has 0 unspecified atom stereocenters. The highest BCUT2D eigenvalue weighted by Crippen LogP contribution is 2.41. The van der Waals surface area contributed by atoms with Gasteiger partial charge < -0.3 is 25.0 Å². The zero-order valence-electron chi connectivity index (χ0n) is 16.6. The Balaban J connectivity index is 2.27. The van der Waals surface area contributed by atoms with Crippen LogP contribution in [0.5, 0.6) is 0 Å². The summed E-state index contributed by atoms with van der Waals surface area (Å²) < 4.78 is 5.01. The lowest BCUT2D eigenvalue weighted by atomic mass is 9.74. The number of amides is 3. The van der Waals surface area contributed by atoms with Gasteiger partial charge in [-0.05, 0) is 26.3 Å². The molecule has 2 N–H and O–H groups in total. The number of aliphatic hydroxyl groups excluding tert-OH is 1. The summed E-state index contributed by atoms with van der Waals surface area (Å²) in [6.45, 7) is 6.51. The van der Waals surface area contributed by atoms with E-state index in [0.717, 1.165) is 5.56 Å². The minimum atomic E-state index is -0.313. The van der Waals surface area contributed by atoms with Crippen LogP contribution in [0.1, 0.15) is 32.3 Å². The second kappa shape index (κ2) is 9.71. The number of hydrogen-bond donors (Lipinski definition) is 2. The quantitative estimate of drug-likeness (QED) is 0.718. The monoisotopic (exact) mass is 377 g/mol. The summed E-state index contributed by atoms with van der Waals surface area (Å²) in [7, 11) is 1.48. The van der Waals surface area contributed by atoms with Crippen LogP contribution in [0.25, 0.3) is 0 Å². The molecule has 0 bridgehead atoms. The largest absolute Gasteiger partial charge is 0.394 e. The Labute approximate surface area is 161 Å². The highest BCUT2D eigenvalue weighted by molar-refractivity contribution is 5.80. The summed E-state index contributed by atoms with van der Waals surface area (Å²) in [4.78, 5) is 28.4. The Morgan fingerprint density at radius 3 is 2.44 bits per heavy atom. The molecule has 150 valence electrons. The van der Waals surface area contributed by atoms with Crippen molar-refractivity contribution >= 4 is 11.9 Å². The van der Waals surface area contributed by atoms with E-state index in [0.29, 0.717) is 13.1 Å². The molecule has 1 heterocycles. The van der Waals surface area contributed by atoms with Crippen molar-refractivity contribution in [3.05, 3.63) is 35.9 Å². The van der Waals surface area contributed by atoms with Crippen molar-refractivity contribution in [3.63, 3.8) is 0 Å². The molecule has 1 aliphatic rings. The van der Waals surface area contributed by atoms with E-state index in [1.165, 1.54) is 7.11 Å². The van der Waals surface area contributed by atoms with Crippen LogP contribution in [0.4, 0.5) is 4.79 Å². The smallest absolute Gasteiger partial charge is 0.317 e. The number of benzene rings is 1. The third kappa shape index (κ3) is 4.78. The molecule has 1 aromatic rings. The number of carbonyl (C=O) groups is 2. The summed E-state index contributed by atoms with van der Waals surface area (Å²) in [6.07, 6.45) is 0. The molecule has 0 aliphatic carbocycles. The number of likely N-dealkylation sites (tertiary alicyclic amines) is 1. The van der Waals surface area contributed by atoms with Crippen LogP contribution in [-0.4, -0.2) is 78.4 Å². The molecule has 1 saturated heterocycles. The van der Waals surface area contributed by atoms with Gasteiger partial charge in [-0.1, -0.05) is 30.3 Å². The van der Waals surface area contributed by atoms with E-state index in [1.807, 2.05) is 51.1 Å². The minimum absolute atomic E-state index is 0.0297. The number of likely N-dealkylation sites (N-methyl/N-ethyl adjacent to an activating group) is 1. The third-order valence-electron chi connectivity index (χ3n) is 4.96. The lowest BCUT2D eigenvalue weighted by Crippen LogP contribution is -2.69. The predicted molar refractivity (Wildman–Crippen MR) is 103 cm³/mol. The number of carbonyl (C=O) groups excluding carboxylic acids is 2. The lowest BCUT2D eigenvalue weighted by Gasteiger charge is -2.56. The molecular weight excluding hydrogens is 346 g/mol. The molecule has 27 heavy (non-hydrogen) atoms. The zero-order chi connectivity index (χ0) is 20.0. The molecule has 1 aliphatic heterocycles. The number of methoxy groups -OCH3 is 1. The molecule has 2 rings (SSSR count). The average Bonchev–Trinajstić information content (AvgIpc) is 2.61. The van der Waals surface area contributed by atoms with Crippen LogP contribution in [0.3, 0.4) is 0 Å². The molecule has 1 aromatic carbocycles. The van der Waals surface area contributed by atoms with Gasteiger partial charge in [0.2, 0.25) is 5.91 Å². The van der Waals surface area contributed by atoms with Crippen LogP contribution in [-0.2, 0) is 9.53 Å². The van der Waals surface area contributed by atoms with Crippen LogP contribution in [0, 0.1) is 0 Å². The van der Waals surface area contributed by atoms with Crippen LogP contribution < -0.4 is 5.32 Å². The van der Waals surface area contributed by atoms with Gasteiger partial charge in [-0.25, -0.2) is 4.79 Å². The topological polar surface area (TPSA) is 82.1 Å². The fraction of sp³-hybridized carbons (Fsp3) is 0.600. The number of ether oxygens (including phenoxy) is 1. The first-order valence-electron chi connectivity index (χ1n) is 9.45. The van der Waals surface area contributed by atoms with E-state index in [4.69, 9.17) is 4.74 Å². The summed E-state index contributed by atoms with van der Waals surface area (Å²) in [6, 6.07) is 9.21. The summed E-state index contributed by atoms with van der Waals surface area (Å²) in [5.41, 5.74) is 1.06. The van der Waals surface area contributed by atoms with E-state index in [9.17, 15) is 14.7 Å². The Kier molecular flexibility index (Phi) is 7.62. The van der Waals surface area contributed by atoms with E-state index in [1.54, 1.807) is 9.80 Å². The zero-order valence-corrected chi connectivity index (χ0v) is 16.6. The highest BCUT2D eigenvalue weighted by Gasteiger charge is 2.51. The van der Waals surface area contributed by atoms with Crippen molar-refractivity contribution in [2.75, 3.05) is 33.4 Å². The van der Waals surface area contributed by atoms with E-state index in [-0.39, 0.29) is 49.2 Å². The van der Waals surface area contributed by atoms with Gasteiger partial charge >= 0.3 is 6.03 Å². The molecule has 0 spiro atoms. The highest BCUT2D eigenvalue weighted by atomic mass is 16.5. The maximum absolute atomic E-state index is 12.6. The van der Waals surface area contributed by atoms with Gasteiger partial charge in [-0.3, -0.25) is 4.79 Å². The van der Waals surface area contributed by atoms with Gasteiger partial charge in [0.05, 0.1) is 18.7 Å². The van der Waals surface area contributed by atoms with Crippen LogP contribution >= 0.6 is 0 Å². The predicted octanol–water partition coefficient (Wildman–Crippen LogP) is 1.43. The molecular formula is C20H31N3O4. The number of rotatable bonds is 8. The average molecular weight is 377 g/mol. The molecule has 3 atom stereocenters. The van der Waals surface area contributed by atoms with Crippen molar-refractivity contribution in [3.8, 4) is 0 Å². The molecule has 1 fully saturated rings. The molecule has 0 aromatic heterocycles. The van der Waals surface area contributed by atoms with Gasteiger partial charge in [0.1, 0.15) is 6.61 Å². The van der Waals surface area contributed by atoms with Crippen molar-refractivity contribution < 1.29 is 19.4 Å². The van der Waals surface area contributed by atoms with Gasteiger partial charge in [0.15, 0.2) is 0 Å². The van der Waals surface area contributed by atoms with Gasteiger partial charge in [0, 0.05) is 32.2 Å². The number of hydrogen-bond acceptors (Lipinski definition) is 4. The first kappa shape index (κ1) is 21.2. The first-order valence-corrected chi connectivity index (χ1v) is 9.45. The standard InChI is InChI=1S/C20H31N3O4/c1-5-22(20(26)21-14(2)3)11-16-19(15-9-7-6-8-10-15)17(12-24)23(16)18(25)13-27-4/h6-10,14,16-17,19,24H,5,11-13H2,1-4H3,(H,21,26)/t16-,17-,19-/m1/s1. The van der Waals surface area contributed by atoms with E-state index in [2.05, 4.69) is 5.32 Å². The van der Waals surface area contributed by atoms with E-state index >= 15 is 0 Å². The number of nitrogens with one attached hydrogen (secondary N) is 1. The summed E-state index contributed by atoms with van der Waals surface area (Å²) in [5.74, 6) is -0.202. The van der Waals surface area contributed by atoms with Crippen molar-refractivity contribution in [2.24, 2.45) is 0 Å². The fourth-order valence-corrected chi connectivity index (χ4v) is 3.76.